The normalized spacial score (nSPS) is 11.7. The highest BCUT2D eigenvalue weighted by Gasteiger charge is 2.02. The molecule has 2 rings (SSSR count). The molecule has 0 aliphatic carbocycles. The van der Waals surface area contributed by atoms with Crippen LogP contribution in [0.4, 0.5) is 0 Å². The Hall–Kier alpha value is -2.23. The van der Waals surface area contributed by atoms with E-state index in [2.05, 4.69) is 41.6 Å². The molecule has 0 atom stereocenters. The number of aliphatic imine (C=N–C) groups is 1. The Kier molecular flexibility index (Phi) is 6.55. The highest BCUT2D eigenvalue weighted by atomic mass is 16.3. The molecule has 0 unspecified atom stereocenters. The Morgan fingerprint density at radius 3 is 2.59 bits per heavy atom. The van der Waals surface area contributed by atoms with Crippen LogP contribution in [0.3, 0.4) is 0 Å². The molecular weight excluding hydrogens is 274 g/mol. The summed E-state index contributed by atoms with van der Waals surface area (Å²) < 4.78 is 5.34. The number of furan rings is 1. The summed E-state index contributed by atoms with van der Waals surface area (Å²) in [5.74, 6) is 2.41. The molecule has 0 saturated carbocycles. The highest BCUT2D eigenvalue weighted by Crippen LogP contribution is 2.01. The molecule has 0 amide bonds. The first-order valence-corrected chi connectivity index (χ1v) is 7.82. The summed E-state index contributed by atoms with van der Waals surface area (Å²) in [6, 6.07) is 14.2. The van der Waals surface area contributed by atoms with Crippen molar-refractivity contribution >= 4 is 5.96 Å². The average Bonchev–Trinajstić information content (AvgIpc) is 3.03. The first kappa shape index (κ1) is 16.1. The number of hydrogen-bond acceptors (Lipinski definition) is 2. The first-order valence-electron chi connectivity index (χ1n) is 7.82. The second-order valence-corrected chi connectivity index (χ2v) is 5.68. The summed E-state index contributed by atoms with van der Waals surface area (Å²) in [6.45, 7) is 6.75. The summed E-state index contributed by atoms with van der Waals surface area (Å²) in [5.41, 5.74) is 1.21. The third-order valence-corrected chi connectivity index (χ3v) is 3.18. The Balaban J connectivity index is 1.86. The van der Waals surface area contributed by atoms with Crippen LogP contribution < -0.4 is 10.6 Å². The van der Waals surface area contributed by atoms with Gasteiger partial charge in [0.25, 0.3) is 0 Å². The average molecular weight is 299 g/mol. The quantitative estimate of drug-likeness (QED) is 0.609. The van der Waals surface area contributed by atoms with Gasteiger partial charge in [0.2, 0.25) is 0 Å². The van der Waals surface area contributed by atoms with Crippen molar-refractivity contribution in [3.05, 3.63) is 60.1 Å². The lowest BCUT2D eigenvalue weighted by Gasteiger charge is -2.14. The lowest BCUT2D eigenvalue weighted by molar-refractivity contribution is 0.506. The van der Waals surface area contributed by atoms with E-state index in [-0.39, 0.29) is 0 Å². The number of guanidine groups is 1. The second kappa shape index (κ2) is 8.93. The van der Waals surface area contributed by atoms with E-state index < -0.39 is 0 Å². The van der Waals surface area contributed by atoms with E-state index >= 15 is 0 Å². The van der Waals surface area contributed by atoms with Crippen molar-refractivity contribution in [2.45, 2.75) is 26.8 Å². The predicted octanol–water partition coefficient (Wildman–Crippen LogP) is 3.21. The minimum atomic E-state index is 0.578. The number of nitrogens with one attached hydrogen (secondary N) is 2. The zero-order valence-corrected chi connectivity index (χ0v) is 13.4. The molecule has 0 saturated heterocycles. The van der Waals surface area contributed by atoms with Crippen molar-refractivity contribution in [1.29, 1.82) is 0 Å². The monoisotopic (exact) mass is 299 g/mol. The molecule has 0 aliphatic heterocycles. The minimum Gasteiger partial charge on any atom is -0.469 e. The molecule has 0 aliphatic rings. The van der Waals surface area contributed by atoms with Crippen molar-refractivity contribution < 1.29 is 4.42 Å². The van der Waals surface area contributed by atoms with E-state index in [1.807, 2.05) is 30.3 Å². The summed E-state index contributed by atoms with van der Waals surface area (Å²) >= 11 is 0. The highest BCUT2D eigenvalue weighted by molar-refractivity contribution is 5.79. The van der Waals surface area contributed by atoms with Gasteiger partial charge in [-0.05, 0) is 23.6 Å². The maximum atomic E-state index is 5.34. The maximum absolute atomic E-state index is 5.34. The number of rotatable bonds is 7. The van der Waals surface area contributed by atoms with Crippen LogP contribution in [0.5, 0.6) is 0 Å². The number of nitrogens with zero attached hydrogens (tertiary/aromatic N) is 1. The van der Waals surface area contributed by atoms with Crippen LogP contribution in [0.2, 0.25) is 0 Å². The summed E-state index contributed by atoms with van der Waals surface area (Å²) in [5, 5.41) is 6.74. The van der Waals surface area contributed by atoms with E-state index in [0.717, 1.165) is 31.2 Å². The van der Waals surface area contributed by atoms with Crippen LogP contribution >= 0.6 is 0 Å². The third-order valence-electron chi connectivity index (χ3n) is 3.18. The standard InChI is InChI=1S/C18H25N3O/c1-15(2)13-20-18(19-11-10-17-9-6-12-22-17)21-14-16-7-4-3-5-8-16/h3-9,12,15H,10-11,13-14H2,1-2H3,(H2,19,20,21). The van der Waals surface area contributed by atoms with Gasteiger partial charge < -0.3 is 15.1 Å². The van der Waals surface area contributed by atoms with E-state index in [0.29, 0.717) is 12.5 Å². The van der Waals surface area contributed by atoms with E-state index in [1.165, 1.54) is 5.56 Å². The maximum Gasteiger partial charge on any atom is 0.191 e. The van der Waals surface area contributed by atoms with Crippen molar-refractivity contribution in [3.8, 4) is 0 Å². The lowest BCUT2D eigenvalue weighted by Crippen LogP contribution is -2.40. The predicted molar refractivity (Wildman–Crippen MR) is 90.8 cm³/mol. The number of benzene rings is 1. The van der Waals surface area contributed by atoms with Gasteiger partial charge in [0.15, 0.2) is 5.96 Å². The fourth-order valence-electron chi connectivity index (χ4n) is 1.99. The first-order chi connectivity index (χ1) is 10.7. The molecule has 1 aromatic heterocycles. The molecule has 0 radical (unpaired) electrons. The smallest absolute Gasteiger partial charge is 0.191 e. The SMILES string of the molecule is CC(C)CNC(=NCc1ccccc1)NCCc1ccco1. The van der Waals surface area contributed by atoms with Crippen molar-refractivity contribution in [2.75, 3.05) is 13.1 Å². The van der Waals surface area contributed by atoms with Gasteiger partial charge in [-0.2, -0.15) is 0 Å². The van der Waals surface area contributed by atoms with Crippen LogP contribution in [-0.4, -0.2) is 19.0 Å². The van der Waals surface area contributed by atoms with Gasteiger partial charge in [0, 0.05) is 19.5 Å². The Morgan fingerprint density at radius 1 is 1.09 bits per heavy atom. The molecule has 2 aromatic rings. The fraction of sp³-hybridized carbons (Fsp3) is 0.389. The molecule has 0 bridgehead atoms. The van der Waals surface area contributed by atoms with Crippen molar-refractivity contribution in [3.63, 3.8) is 0 Å². The van der Waals surface area contributed by atoms with Crippen molar-refractivity contribution in [2.24, 2.45) is 10.9 Å². The van der Waals surface area contributed by atoms with Crippen LogP contribution in [-0.2, 0) is 13.0 Å². The molecule has 22 heavy (non-hydrogen) atoms. The second-order valence-electron chi connectivity index (χ2n) is 5.68. The largest absolute Gasteiger partial charge is 0.469 e. The van der Waals surface area contributed by atoms with Gasteiger partial charge in [-0.1, -0.05) is 44.2 Å². The third kappa shape index (κ3) is 6.04. The number of hydrogen-bond donors (Lipinski definition) is 2. The van der Waals surface area contributed by atoms with Crippen LogP contribution in [0.25, 0.3) is 0 Å². The molecule has 0 spiro atoms. The molecule has 1 aromatic carbocycles. The van der Waals surface area contributed by atoms with Crippen LogP contribution in [0.1, 0.15) is 25.2 Å². The summed E-state index contributed by atoms with van der Waals surface area (Å²) in [4.78, 5) is 4.65. The van der Waals surface area contributed by atoms with Gasteiger partial charge in [0.1, 0.15) is 5.76 Å². The Labute approximate surface area is 132 Å². The Bertz CT molecular complexity index is 547. The van der Waals surface area contributed by atoms with E-state index in [1.54, 1.807) is 6.26 Å². The molecule has 1 heterocycles. The Morgan fingerprint density at radius 2 is 1.91 bits per heavy atom. The molecule has 4 nitrogen and oxygen atoms in total. The van der Waals surface area contributed by atoms with Gasteiger partial charge >= 0.3 is 0 Å². The van der Waals surface area contributed by atoms with Gasteiger partial charge in [0.05, 0.1) is 12.8 Å². The van der Waals surface area contributed by atoms with Gasteiger partial charge in [-0.3, -0.25) is 0 Å². The van der Waals surface area contributed by atoms with Crippen LogP contribution in [0, 0.1) is 5.92 Å². The zero-order valence-electron chi connectivity index (χ0n) is 13.4. The minimum absolute atomic E-state index is 0.578. The zero-order chi connectivity index (χ0) is 15.6. The molecule has 4 heteroatoms. The summed E-state index contributed by atoms with van der Waals surface area (Å²) in [6.07, 6.45) is 2.55. The van der Waals surface area contributed by atoms with Gasteiger partial charge in [-0.15, -0.1) is 0 Å². The van der Waals surface area contributed by atoms with E-state index in [4.69, 9.17) is 4.42 Å². The summed E-state index contributed by atoms with van der Waals surface area (Å²) in [7, 11) is 0. The molecular formula is C18H25N3O. The van der Waals surface area contributed by atoms with Gasteiger partial charge in [-0.25, -0.2) is 4.99 Å². The van der Waals surface area contributed by atoms with Crippen molar-refractivity contribution in [1.82, 2.24) is 10.6 Å². The molecule has 0 fully saturated rings. The van der Waals surface area contributed by atoms with E-state index in [9.17, 15) is 0 Å². The fourth-order valence-corrected chi connectivity index (χ4v) is 1.99. The van der Waals surface area contributed by atoms with Crippen LogP contribution in [0.15, 0.2) is 58.1 Å². The topological polar surface area (TPSA) is 49.6 Å². The lowest BCUT2D eigenvalue weighted by atomic mass is 10.2. The molecule has 2 N–H and O–H groups in total. The molecule has 118 valence electrons.